The molecule has 2 heterocycles. The largest absolute Gasteiger partial charge is 0.342 e. The van der Waals surface area contributed by atoms with Crippen molar-refractivity contribution in [3.8, 4) is 0 Å². The molecule has 0 bridgehead atoms. The van der Waals surface area contributed by atoms with E-state index in [4.69, 9.17) is 0 Å². The summed E-state index contributed by atoms with van der Waals surface area (Å²) in [6.07, 6.45) is 5.39. The van der Waals surface area contributed by atoms with E-state index in [-0.39, 0.29) is 35.5 Å². The van der Waals surface area contributed by atoms with Crippen molar-refractivity contribution in [1.82, 2.24) is 14.9 Å². The molecule has 0 radical (unpaired) electrons. The van der Waals surface area contributed by atoms with Crippen LogP contribution in [0.25, 0.3) is 0 Å². The number of piperidine rings is 2. The van der Waals surface area contributed by atoms with Gasteiger partial charge in [-0.25, -0.2) is 13.1 Å². The first-order chi connectivity index (χ1) is 11.0. The van der Waals surface area contributed by atoms with Crippen LogP contribution in [0.5, 0.6) is 0 Å². The molecule has 0 aromatic carbocycles. The summed E-state index contributed by atoms with van der Waals surface area (Å²) in [6.45, 7) is 5.30. The van der Waals surface area contributed by atoms with Crippen molar-refractivity contribution in [1.29, 1.82) is 0 Å². The van der Waals surface area contributed by atoms with Gasteiger partial charge in [0.2, 0.25) is 15.9 Å². The smallest absolute Gasteiger partial charge is 0.226 e. The molecule has 3 rings (SSSR count). The molecule has 0 aromatic heterocycles. The summed E-state index contributed by atoms with van der Waals surface area (Å²) in [5.74, 6) is 0.713. The summed E-state index contributed by atoms with van der Waals surface area (Å²) >= 11 is 0. The third-order valence-corrected chi connectivity index (χ3v) is 7.35. The van der Waals surface area contributed by atoms with Gasteiger partial charge in [-0.1, -0.05) is 6.92 Å². The zero-order chi connectivity index (χ0) is 16.5. The lowest BCUT2D eigenvalue weighted by Crippen LogP contribution is -2.47. The third-order valence-electron chi connectivity index (χ3n) is 5.71. The van der Waals surface area contributed by atoms with E-state index in [9.17, 15) is 13.2 Å². The van der Waals surface area contributed by atoms with Gasteiger partial charge < -0.3 is 10.2 Å². The third kappa shape index (κ3) is 4.42. The number of sulfonamides is 1. The highest BCUT2D eigenvalue weighted by atomic mass is 35.5. The Morgan fingerprint density at radius 1 is 1.25 bits per heavy atom. The molecule has 24 heavy (non-hydrogen) atoms. The highest BCUT2D eigenvalue weighted by molar-refractivity contribution is 7.89. The van der Waals surface area contributed by atoms with E-state index in [1.807, 2.05) is 11.8 Å². The summed E-state index contributed by atoms with van der Waals surface area (Å²) in [6, 6.07) is -0.0114. The van der Waals surface area contributed by atoms with E-state index in [1.54, 1.807) is 0 Å². The molecule has 2 N–H and O–H groups in total. The molecule has 1 aliphatic carbocycles. The summed E-state index contributed by atoms with van der Waals surface area (Å²) in [5.41, 5.74) is 0.280. The van der Waals surface area contributed by atoms with Crippen LogP contribution in [-0.2, 0) is 14.8 Å². The second kappa shape index (κ2) is 7.89. The first-order valence-corrected chi connectivity index (χ1v) is 10.6. The Morgan fingerprint density at radius 3 is 2.46 bits per heavy atom. The average molecular weight is 380 g/mol. The van der Waals surface area contributed by atoms with Crippen molar-refractivity contribution in [2.75, 3.05) is 31.9 Å². The number of carbonyl (C=O) groups is 1. The van der Waals surface area contributed by atoms with Crippen molar-refractivity contribution in [3.05, 3.63) is 0 Å². The molecule has 6 nitrogen and oxygen atoms in total. The number of rotatable bonds is 5. The number of likely N-dealkylation sites (tertiary alicyclic amines) is 1. The average Bonchev–Trinajstić information content (AvgIpc) is 3.20. The summed E-state index contributed by atoms with van der Waals surface area (Å²) in [7, 11) is -3.16. The van der Waals surface area contributed by atoms with Crippen molar-refractivity contribution in [3.63, 3.8) is 0 Å². The summed E-state index contributed by atoms with van der Waals surface area (Å²) in [4.78, 5) is 14.7. The number of carbonyl (C=O) groups excluding carboxylic acids is 1. The van der Waals surface area contributed by atoms with E-state index in [1.165, 1.54) is 0 Å². The van der Waals surface area contributed by atoms with Crippen LogP contribution < -0.4 is 10.0 Å². The standard InChI is InChI=1S/C16H29N3O3S.ClH/c1-2-11-23(21,22)18-13-3-9-19(10-4-13)15(20)14-12-16(14)5-7-17-8-6-16;/h13-14,17-18H,2-12H2,1H3;1H. The Morgan fingerprint density at radius 2 is 1.88 bits per heavy atom. The molecule has 1 amide bonds. The molecule has 0 aromatic rings. The molecule has 2 saturated heterocycles. The van der Waals surface area contributed by atoms with Gasteiger partial charge in [-0.2, -0.15) is 0 Å². The lowest BCUT2D eigenvalue weighted by Gasteiger charge is -2.33. The van der Waals surface area contributed by atoms with Gasteiger partial charge in [0.05, 0.1) is 5.75 Å². The fourth-order valence-corrected chi connectivity index (χ4v) is 5.59. The second-order valence-electron chi connectivity index (χ2n) is 7.41. The van der Waals surface area contributed by atoms with Crippen LogP contribution in [0.3, 0.4) is 0 Å². The van der Waals surface area contributed by atoms with E-state index in [2.05, 4.69) is 10.0 Å². The minimum absolute atomic E-state index is 0. The SMILES string of the molecule is CCCS(=O)(=O)NC1CCN(C(=O)C2CC23CCNCC3)CC1.Cl. The highest BCUT2D eigenvalue weighted by Gasteiger charge is 2.58. The van der Waals surface area contributed by atoms with Gasteiger partial charge in [-0.3, -0.25) is 4.79 Å². The molecular formula is C16H30ClN3O3S. The Balaban J connectivity index is 0.00000208. The monoisotopic (exact) mass is 379 g/mol. The molecule has 1 atom stereocenters. The predicted octanol–water partition coefficient (Wildman–Crippen LogP) is 1.12. The lowest BCUT2D eigenvalue weighted by atomic mass is 9.91. The normalized spacial score (nSPS) is 26.9. The molecule has 140 valence electrons. The number of nitrogens with one attached hydrogen (secondary N) is 2. The quantitative estimate of drug-likeness (QED) is 0.750. The van der Waals surface area contributed by atoms with Gasteiger partial charge in [-0.05, 0) is 57.0 Å². The molecule has 1 spiro atoms. The van der Waals surface area contributed by atoms with Crippen LogP contribution >= 0.6 is 12.4 Å². The molecule has 3 fully saturated rings. The summed E-state index contributed by atoms with van der Waals surface area (Å²) < 4.78 is 26.5. The van der Waals surface area contributed by atoms with Crippen molar-refractivity contribution >= 4 is 28.3 Å². The first-order valence-electron chi connectivity index (χ1n) is 8.95. The van der Waals surface area contributed by atoms with Crippen LogP contribution in [0.4, 0.5) is 0 Å². The molecule has 1 saturated carbocycles. The van der Waals surface area contributed by atoms with Crippen molar-refractivity contribution in [2.24, 2.45) is 11.3 Å². The Hall–Kier alpha value is -0.370. The first kappa shape index (κ1) is 19.9. The van der Waals surface area contributed by atoms with Gasteiger partial charge in [0.1, 0.15) is 0 Å². The molecule has 3 aliphatic rings. The maximum absolute atomic E-state index is 12.7. The van der Waals surface area contributed by atoms with Gasteiger partial charge in [-0.15, -0.1) is 12.4 Å². The number of hydrogen-bond acceptors (Lipinski definition) is 4. The van der Waals surface area contributed by atoms with E-state index in [0.29, 0.717) is 25.4 Å². The molecule has 8 heteroatoms. The number of hydrogen-bond donors (Lipinski definition) is 2. The van der Waals surface area contributed by atoms with Crippen LogP contribution in [0.2, 0.25) is 0 Å². The second-order valence-corrected chi connectivity index (χ2v) is 9.28. The predicted molar refractivity (Wildman–Crippen MR) is 96.7 cm³/mol. The van der Waals surface area contributed by atoms with Crippen LogP contribution in [0.15, 0.2) is 0 Å². The van der Waals surface area contributed by atoms with E-state index >= 15 is 0 Å². The molecular weight excluding hydrogens is 350 g/mol. The van der Waals surface area contributed by atoms with E-state index < -0.39 is 10.0 Å². The fraction of sp³-hybridized carbons (Fsp3) is 0.938. The molecule has 1 unspecified atom stereocenters. The Bertz CT molecular complexity index is 541. The van der Waals surface area contributed by atoms with Crippen LogP contribution in [0, 0.1) is 11.3 Å². The number of nitrogens with zero attached hydrogens (tertiary/aromatic N) is 1. The maximum atomic E-state index is 12.7. The van der Waals surface area contributed by atoms with Gasteiger partial charge >= 0.3 is 0 Å². The van der Waals surface area contributed by atoms with Crippen LogP contribution in [0.1, 0.15) is 45.4 Å². The zero-order valence-electron chi connectivity index (χ0n) is 14.4. The van der Waals surface area contributed by atoms with Gasteiger partial charge in [0.15, 0.2) is 0 Å². The Kier molecular flexibility index (Phi) is 6.56. The fourth-order valence-electron chi connectivity index (χ4n) is 4.19. The minimum Gasteiger partial charge on any atom is -0.342 e. The highest BCUT2D eigenvalue weighted by Crippen LogP contribution is 2.59. The zero-order valence-corrected chi connectivity index (χ0v) is 16.1. The molecule has 2 aliphatic heterocycles. The lowest BCUT2D eigenvalue weighted by molar-refractivity contribution is -0.134. The van der Waals surface area contributed by atoms with Gasteiger partial charge in [0, 0.05) is 25.0 Å². The Labute approximate surface area is 151 Å². The maximum Gasteiger partial charge on any atom is 0.226 e. The minimum atomic E-state index is -3.16. The summed E-state index contributed by atoms with van der Waals surface area (Å²) in [5, 5.41) is 3.37. The van der Waals surface area contributed by atoms with Gasteiger partial charge in [0.25, 0.3) is 0 Å². The van der Waals surface area contributed by atoms with E-state index in [0.717, 1.165) is 45.2 Å². The van der Waals surface area contributed by atoms with Crippen molar-refractivity contribution in [2.45, 2.75) is 51.5 Å². The number of halogens is 1. The number of amides is 1. The topological polar surface area (TPSA) is 78.5 Å². The van der Waals surface area contributed by atoms with Crippen molar-refractivity contribution < 1.29 is 13.2 Å². The van der Waals surface area contributed by atoms with Crippen LogP contribution in [-0.4, -0.2) is 57.2 Å².